The van der Waals surface area contributed by atoms with Crippen molar-refractivity contribution in [1.29, 1.82) is 0 Å². The average molecular weight is 230 g/mol. The minimum Gasteiger partial charge on any atom is -0.447 e. The number of alkyl carbamates (subject to hydrolysis) is 1. The molecular weight excluding hydrogens is 208 g/mol. The van der Waals surface area contributed by atoms with E-state index in [0.717, 1.165) is 25.9 Å². The van der Waals surface area contributed by atoms with E-state index in [4.69, 9.17) is 9.84 Å². The largest absolute Gasteiger partial charge is 0.447 e. The third kappa shape index (κ3) is 4.37. The van der Waals surface area contributed by atoms with Crippen molar-refractivity contribution in [3.63, 3.8) is 0 Å². The van der Waals surface area contributed by atoms with E-state index >= 15 is 0 Å². The SMILES string of the molecule is CN1CCC(C)(CNC(=O)OCCO)CC1. The van der Waals surface area contributed by atoms with Gasteiger partial charge in [-0.1, -0.05) is 6.92 Å². The Bertz CT molecular complexity index is 225. The number of carbonyl (C=O) groups is 1. The molecule has 5 heteroatoms. The van der Waals surface area contributed by atoms with E-state index < -0.39 is 6.09 Å². The number of hydrogen-bond acceptors (Lipinski definition) is 4. The van der Waals surface area contributed by atoms with Gasteiger partial charge < -0.3 is 20.1 Å². The monoisotopic (exact) mass is 230 g/mol. The van der Waals surface area contributed by atoms with Crippen LogP contribution in [0.25, 0.3) is 0 Å². The summed E-state index contributed by atoms with van der Waals surface area (Å²) in [5, 5.41) is 11.3. The van der Waals surface area contributed by atoms with Crippen molar-refractivity contribution in [3.05, 3.63) is 0 Å². The molecule has 0 spiro atoms. The fourth-order valence-corrected chi connectivity index (χ4v) is 1.81. The molecule has 0 aromatic carbocycles. The summed E-state index contributed by atoms with van der Waals surface area (Å²) in [6.45, 7) is 4.91. The lowest BCUT2D eigenvalue weighted by molar-refractivity contribution is 0.104. The van der Waals surface area contributed by atoms with Gasteiger partial charge in [-0.2, -0.15) is 0 Å². The molecule has 1 rings (SSSR count). The zero-order chi connectivity index (χ0) is 12.0. The molecule has 1 amide bonds. The second-order valence-corrected chi connectivity index (χ2v) is 4.83. The van der Waals surface area contributed by atoms with E-state index in [9.17, 15) is 4.79 Å². The number of nitrogens with one attached hydrogen (secondary N) is 1. The Kier molecular flexibility index (Phi) is 5.02. The highest BCUT2D eigenvalue weighted by molar-refractivity contribution is 5.67. The Labute approximate surface area is 96.8 Å². The van der Waals surface area contributed by atoms with Crippen LogP contribution >= 0.6 is 0 Å². The summed E-state index contributed by atoms with van der Waals surface area (Å²) in [6, 6.07) is 0. The van der Waals surface area contributed by atoms with Crippen molar-refractivity contribution < 1.29 is 14.6 Å². The second-order valence-electron chi connectivity index (χ2n) is 4.83. The molecule has 94 valence electrons. The lowest BCUT2D eigenvalue weighted by Gasteiger charge is -2.37. The molecule has 1 heterocycles. The second kappa shape index (κ2) is 6.06. The fraction of sp³-hybridized carbons (Fsp3) is 0.909. The number of aliphatic hydroxyl groups excluding tert-OH is 1. The van der Waals surface area contributed by atoms with Gasteiger partial charge in [-0.15, -0.1) is 0 Å². The summed E-state index contributed by atoms with van der Waals surface area (Å²) >= 11 is 0. The van der Waals surface area contributed by atoms with Crippen molar-refractivity contribution in [2.75, 3.05) is 39.9 Å². The maximum absolute atomic E-state index is 11.2. The van der Waals surface area contributed by atoms with Gasteiger partial charge in [0.15, 0.2) is 0 Å². The Hall–Kier alpha value is -0.810. The maximum atomic E-state index is 11.2. The lowest BCUT2D eigenvalue weighted by atomic mass is 9.80. The van der Waals surface area contributed by atoms with Gasteiger partial charge in [-0.25, -0.2) is 4.79 Å². The third-order valence-electron chi connectivity index (χ3n) is 3.18. The molecule has 0 saturated carbocycles. The van der Waals surface area contributed by atoms with Crippen molar-refractivity contribution >= 4 is 6.09 Å². The molecule has 1 saturated heterocycles. The number of hydrogen-bond donors (Lipinski definition) is 2. The highest BCUT2D eigenvalue weighted by Gasteiger charge is 2.29. The van der Waals surface area contributed by atoms with Crippen LogP contribution < -0.4 is 5.32 Å². The number of likely N-dealkylation sites (tertiary alicyclic amines) is 1. The van der Waals surface area contributed by atoms with E-state index in [1.165, 1.54) is 0 Å². The van der Waals surface area contributed by atoms with Gasteiger partial charge in [-0.05, 0) is 38.4 Å². The molecule has 16 heavy (non-hydrogen) atoms. The fourth-order valence-electron chi connectivity index (χ4n) is 1.81. The lowest BCUT2D eigenvalue weighted by Crippen LogP contribution is -2.43. The van der Waals surface area contributed by atoms with Gasteiger partial charge in [0.1, 0.15) is 6.61 Å². The van der Waals surface area contributed by atoms with Crippen molar-refractivity contribution in [1.82, 2.24) is 10.2 Å². The van der Waals surface area contributed by atoms with Gasteiger partial charge in [0, 0.05) is 6.54 Å². The summed E-state index contributed by atoms with van der Waals surface area (Å²) in [7, 11) is 2.11. The Morgan fingerprint density at radius 2 is 2.12 bits per heavy atom. The molecule has 1 aliphatic rings. The molecule has 1 aliphatic heterocycles. The quantitative estimate of drug-likeness (QED) is 0.735. The molecule has 0 radical (unpaired) electrons. The smallest absolute Gasteiger partial charge is 0.407 e. The first-order chi connectivity index (χ1) is 7.56. The molecule has 0 aliphatic carbocycles. The number of carbonyl (C=O) groups excluding carboxylic acids is 1. The molecule has 0 atom stereocenters. The Morgan fingerprint density at radius 1 is 1.50 bits per heavy atom. The molecular formula is C11H22N2O3. The maximum Gasteiger partial charge on any atom is 0.407 e. The molecule has 0 aromatic heterocycles. The Morgan fingerprint density at radius 3 is 2.69 bits per heavy atom. The number of ether oxygens (including phenoxy) is 1. The van der Waals surface area contributed by atoms with Crippen LogP contribution in [0.5, 0.6) is 0 Å². The zero-order valence-corrected chi connectivity index (χ0v) is 10.2. The average Bonchev–Trinajstić information content (AvgIpc) is 2.28. The molecule has 0 aromatic rings. The zero-order valence-electron chi connectivity index (χ0n) is 10.2. The number of piperidine rings is 1. The van der Waals surface area contributed by atoms with Crippen molar-refractivity contribution in [2.24, 2.45) is 5.41 Å². The number of rotatable bonds is 4. The van der Waals surface area contributed by atoms with Gasteiger partial charge >= 0.3 is 6.09 Å². The third-order valence-corrected chi connectivity index (χ3v) is 3.18. The minimum absolute atomic E-state index is 0.0608. The van der Waals surface area contributed by atoms with Crippen LogP contribution in [0.2, 0.25) is 0 Å². The van der Waals surface area contributed by atoms with Crippen LogP contribution in [-0.4, -0.2) is 56.0 Å². The van der Waals surface area contributed by atoms with Crippen LogP contribution in [0.4, 0.5) is 4.79 Å². The first-order valence-corrected chi connectivity index (χ1v) is 5.76. The Balaban J connectivity index is 2.23. The van der Waals surface area contributed by atoms with Gasteiger partial charge in [0.05, 0.1) is 6.61 Å². The summed E-state index contributed by atoms with van der Waals surface area (Å²) in [6.07, 6.45) is 1.74. The highest BCUT2D eigenvalue weighted by Crippen LogP contribution is 2.29. The van der Waals surface area contributed by atoms with Gasteiger partial charge in [0.25, 0.3) is 0 Å². The summed E-state index contributed by atoms with van der Waals surface area (Å²) < 4.78 is 4.74. The van der Waals surface area contributed by atoms with Crippen LogP contribution in [0, 0.1) is 5.41 Å². The summed E-state index contributed by atoms with van der Waals surface area (Å²) in [5.74, 6) is 0. The van der Waals surface area contributed by atoms with Crippen LogP contribution in [0.1, 0.15) is 19.8 Å². The first kappa shape index (κ1) is 13.3. The standard InChI is InChI=1S/C11H22N2O3/c1-11(3-5-13(2)6-4-11)9-12-10(15)16-8-7-14/h14H,3-9H2,1-2H3,(H,12,15). The van der Waals surface area contributed by atoms with Crippen molar-refractivity contribution in [3.8, 4) is 0 Å². The minimum atomic E-state index is -0.436. The predicted molar refractivity (Wildman–Crippen MR) is 61.3 cm³/mol. The number of aliphatic hydroxyl groups is 1. The van der Waals surface area contributed by atoms with Crippen LogP contribution in [0.15, 0.2) is 0 Å². The summed E-state index contributed by atoms with van der Waals surface area (Å²) in [4.78, 5) is 13.5. The molecule has 1 fully saturated rings. The summed E-state index contributed by atoms with van der Waals surface area (Å²) in [5.41, 5.74) is 0.171. The van der Waals surface area contributed by atoms with E-state index in [1.807, 2.05) is 0 Å². The van der Waals surface area contributed by atoms with Crippen molar-refractivity contribution in [2.45, 2.75) is 19.8 Å². The van der Waals surface area contributed by atoms with E-state index in [-0.39, 0.29) is 18.6 Å². The van der Waals surface area contributed by atoms with E-state index in [0.29, 0.717) is 6.54 Å². The first-order valence-electron chi connectivity index (χ1n) is 5.76. The van der Waals surface area contributed by atoms with Crippen LogP contribution in [-0.2, 0) is 4.74 Å². The number of amides is 1. The topological polar surface area (TPSA) is 61.8 Å². The van der Waals surface area contributed by atoms with E-state index in [2.05, 4.69) is 24.2 Å². The highest BCUT2D eigenvalue weighted by atomic mass is 16.6. The van der Waals surface area contributed by atoms with E-state index in [1.54, 1.807) is 0 Å². The normalized spacial score (nSPS) is 20.4. The number of nitrogens with zero attached hydrogens (tertiary/aromatic N) is 1. The molecule has 5 nitrogen and oxygen atoms in total. The van der Waals surface area contributed by atoms with Gasteiger partial charge in [-0.3, -0.25) is 0 Å². The predicted octanol–water partition coefficient (Wildman–Crippen LogP) is 0.437. The van der Waals surface area contributed by atoms with Crippen LogP contribution in [0.3, 0.4) is 0 Å². The van der Waals surface area contributed by atoms with Gasteiger partial charge in [0.2, 0.25) is 0 Å². The molecule has 0 bridgehead atoms. The molecule has 2 N–H and O–H groups in total. The molecule has 0 unspecified atom stereocenters.